The maximum atomic E-state index is 12.8. The molecule has 1 aromatic carbocycles. The van der Waals surface area contributed by atoms with Crippen LogP contribution in [0.3, 0.4) is 0 Å². The molecule has 2 aromatic heterocycles. The Kier molecular flexibility index (Phi) is 4.99. The maximum Gasteiger partial charge on any atom is 0.253 e. The predicted molar refractivity (Wildman–Crippen MR) is 106 cm³/mol. The summed E-state index contributed by atoms with van der Waals surface area (Å²) in [6.07, 6.45) is 0. The number of carbonyl (C=O) groups is 1. The number of aromatic amines is 2. The molecule has 0 aliphatic heterocycles. The van der Waals surface area contributed by atoms with Gasteiger partial charge in [0.25, 0.3) is 11.5 Å². The molecule has 0 fully saturated rings. The molecule has 0 aliphatic carbocycles. The molecule has 0 saturated heterocycles. The summed E-state index contributed by atoms with van der Waals surface area (Å²) in [6, 6.07) is 7.56. The van der Waals surface area contributed by atoms with Crippen molar-refractivity contribution in [1.82, 2.24) is 20.5 Å². The lowest BCUT2D eigenvalue weighted by molar-refractivity contribution is 0.0950. The molecular formula is C21H24N4O2. The summed E-state index contributed by atoms with van der Waals surface area (Å²) < 4.78 is 0. The summed E-state index contributed by atoms with van der Waals surface area (Å²) in [5.74, 6) is -0.201. The molecule has 0 unspecified atom stereocenters. The highest BCUT2D eigenvalue weighted by Gasteiger charge is 2.17. The van der Waals surface area contributed by atoms with Gasteiger partial charge in [-0.3, -0.25) is 14.7 Å². The quantitative estimate of drug-likeness (QED) is 0.664. The van der Waals surface area contributed by atoms with Crippen molar-refractivity contribution in [3.63, 3.8) is 0 Å². The second-order valence-electron chi connectivity index (χ2n) is 6.91. The van der Waals surface area contributed by atoms with Crippen LogP contribution >= 0.6 is 0 Å². The number of benzene rings is 1. The predicted octanol–water partition coefficient (Wildman–Crippen LogP) is 3.24. The van der Waals surface area contributed by atoms with Crippen LogP contribution < -0.4 is 10.9 Å². The SMILES string of the molecule is Cc1cc(C)c(CNC(=O)c2cccc(-c3c(C)n[nH]c3C)c2C)c(=O)[nH]1. The number of aromatic nitrogens is 3. The van der Waals surface area contributed by atoms with Crippen molar-refractivity contribution in [2.24, 2.45) is 0 Å². The van der Waals surface area contributed by atoms with Gasteiger partial charge in [-0.15, -0.1) is 0 Å². The first kappa shape index (κ1) is 18.6. The van der Waals surface area contributed by atoms with Crippen LogP contribution in [0.15, 0.2) is 29.1 Å². The summed E-state index contributed by atoms with van der Waals surface area (Å²) in [5, 5.41) is 10.1. The Morgan fingerprint density at radius 1 is 1.15 bits per heavy atom. The number of hydrogen-bond acceptors (Lipinski definition) is 3. The van der Waals surface area contributed by atoms with Gasteiger partial charge in [-0.1, -0.05) is 12.1 Å². The first-order chi connectivity index (χ1) is 12.8. The molecule has 0 spiro atoms. The maximum absolute atomic E-state index is 12.8. The largest absolute Gasteiger partial charge is 0.348 e. The molecule has 0 atom stereocenters. The molecule has 1 amide bonds. The highest BCUT2D eigenvalue weighted by atomic mass is 16.1. The third kappa shape index (κ3) is 3.56. The van der Waals surface area contributed by atoms with Gasteiger partial charge in [-0.05, 0) is 63.4 Å². The van der Waals surface area contributed by atoms with Crippen LogP contribution in [0.1, 0.15) is 44.1 Å². The lowest BCUT2D eigenvalue weighted by Gasteiger charge is -2.13. The summed E-state index contributed by atoms with van der Waals surface area (Å²) in [4.78, 5) is 27.7. The first-order valence-corrected chi connectivity index (χ1v) is 8.88. The Labute approximate surface area is 158 Å². The van der Waals surface area contributed by atoms with Gasteiger partial charge in [0, 0.05) is 34.6 Å². The normalized spacial score (nSPS) is 10.9. The number of pyridine rings is 1. The zero-order chi connectivity index (χ0) is 19.7. The lowest BCUT2D eigenvalue weighted by atomic mass is 9.95. The fourth-order valence-corrected chi connectivity index (χ4v) is 3.47. The zero-order valence-corrected chi connectivity index (χ0v) is 16.3. The van der Waals surface area contributed by atoms with Crippen LogP contribution in [0, 0.1) is 34.6 Å². The van der Waals surface area contributed by atoms with Crippen LogP contribution in [0.5, 0.6) is 0 Å². The molecule has 3 aromatic rings. The Hall–Kier alpha value is -3.15. The second kappa shape index (κ2) is 7.23. The Bertz CT molecular complexity index is 1060. The van der Waals surface area contributed by atoms with Gasteiger partial charge in [0.15, 0.2) is 0 Å². The molecule has 0 radical (unpaired) electrons. The van der Waals surface area contributed by atoms with Gasteiger partial charge in [0.2, 0.25) is 0 Å². The standard InChI is InChI=1S/C21H24N4O2/c1-11-9-12(2)23-21(27)18(11)10-22-20(26)17-8-6-7-16(13(17)3)19-14(4)24-25-15(19)5/h6-9H,10H2,1-5H3,(H,22,26)(H,23,27)(H,24,25). The molecule has 0 aliphatic rings. The smallest absolute Gasteiger partial charge is 0.253 e. The van der Waals surface area contributed by atoms with Crippen LogP contribution in [-0.4, -0.2) is 21.1 Å². The number of H-pyrrole nitrogens is 2. The Balaban J connectivity index is 1.89. The molecule has 6 nitrogen and oxygen atoms in total. The number of amides is 1. The van der Waals surface area contributed by atoms with Gasteiger partial charge in [0.05, 0.1) is 5.69 Å². The molecule has 3 N–H and O–H groups in total. The van der Waals surface area contributed by atoms with Gasteiger partial charge in [-0.25, -0.2) is 0 Å². The van der Waals surface area contributed by atoms with Crippen molar-refractivity contribution in [3.8, 4) is 11.1 Å². The van der Waals surface area contributed by atoms with Gasteiger partial charge < -0.3 is 10.3 Å². The average Bonchev–Trinajstić information content (AvgIpc) is 2.92. The van der Waals surface area contributed by atoms with E-state index >= 15 is 0 Å². The molecule has 0 saturated carbocycles. The van der Waals surface area contributed by atoms with E-state index in [0.717, 1.165) is 39.3 Å². The highest BCUT2D eigenvalue weighted by Crippen LogP contribution is 2.30. The van der Waals surface area contributed by atoms with E-state index in [2.05, 4.69) is 20.5 Å². The van der Waals surface area contributed by atoms with Crippen molar-refractivity contribution in [2.75, 3.05) is 0 Å². The van der Waals surface area contributed by atoms with Crippen molar-refractivity contribution in [1.29, 1.82) is 0 Å². The van der Waals surface area contributed by atoms with Crippen molar-refractivity contribution in [2.45, 2.75) is 41.2 Å². The fourth-order valence-electron chi connectivity index (χ4n) is 3.47. The van der Waals surface area contributed by atoms with E-state index in [1.54, 1.807) is 6.07 Å². The minimum atomic E-state index is -0.201. The summed E-state index contributed by atoms with van der Waals surface area (Å²) in [5.41, 5.74) is 7.43. The zero-order valence-electron chi connectivity index (χ0n) is 16.3. The minimum Gasteiger partial charge on any atom is -0.348 e. The Morgan fingerprint density at radius 3 is 2.52 bits per heavy atom. The summed E-state index contributed by atoms with van der Waals surface area (Å²) >= 11 is 0. The van der Waals surface area contributed by atoms with Gasteiger partial charge in [-0.2, -0.15) is 5.10 Å². The van der Waals surface area contributed by atoms with Crippen LogP contribution in [-0.2, 0) is 6.54 Å². The minimum absolute atomic E-state index is 0.164. The number of rotatable bonds is 4. The van der Waals surface area contributed by atoms with Crippen LogP contribution in [0.4, 0.5) is 0 Å². The van der Waals surface area contributed by atoms with Crippen LogP contribution in [0.2, 0.25) is 0 Å². The van der Waals surface area contributed by atoms with E-state index in [0.29, 0.717) is 11.1 Å². The topological polar surface area (TPSA) is 90.6 Å². The van der Waals surface area contributed by atoms with Crippen molar-refractivity contribution in [3.05, 3.63) is 74.0 Å². The monoisotopic (exact) mass is 364 g/mol. The first-order valence-electron chi connectivity index (χ1n) is 8.88. The number of hydrogen-bond donors (Lipinski definition) is 3. The van der Waals surface area contributed by atoms with E-state index in [4.69, 9.17) is 0 Å². The number of nitrogens with zero attached hydrogens (tertiary/aromatic N) is 1. The molecule has 27 heavy (non-hydrogen) atoms. The lowest BCUT2D eigenvalue weighted by Crippen LogP contribution is -2.28. The fraction of sp³-hybridized carbons (Fsp3) is 0.286. The van der Waals surface area contributed by atoms with Gasteiger partial charge >= 0.3 is 0 Å². The summed E-state index contributed by atoms with van der Waals surface area (Å²) in [7, 11) is 0. The molecular weight excluding hydrogens is 340 g/mol. The van der Waals surface area contributed by atoms with Gasteiger partial charge in [0.1, 0.15) is 0 Å². The van der Waals surface area contributed by atoms with E-state index in [1.807, 2.05) is 52.8 Å². The highest BCUT2D eigenvalue weighted by molar-refractivity contribution is 5.97. The average molecular weight is 364 g/mol. The van der Waals surface area contributed by atoms with Crippen LogP contribution in [0.25, 0.3) is 11.1 Å². The van der Waals surface area contributed by atoms with Crippen molar-refractivity contribution >= 4 is 5.91 Å². The summed E-state index contributed by atoms with van der Waals surface area (Å²) in [6.45, 7) is 9.74. The molecule has 0 bridgehead atoms. The third-order valence-corrected chi connectivity index (χ3v) is 4.90. The molecule has 140 valence electrons. The molecule has 6 heteroatoms. The third-order valence-electron chi connectivity index (χ3n) is 4.90. The number of aryl methyl sites for hydroxylation is 4. The number of carbonyl (C=O) groups excluding carboxylic acids is 1. The Morgan fingerprint density at radius 2 is 1.89 bits per heavy atom. The number of nitrogens with one attached hydrogen (secondary N) is 3. The van der Waals surface area contributed by atoms with E-state index < -0.39 is 0 Å². The molecule has 3 rings (SSSR count). The van der Waals surface area contributed by atoms with Crippen molar-refractivity contribution < 1.29 is 4.79 Å². The van der Waals surface area contributed by atoms with E-state index in [-0.39, 0.29) is 18.0 Å². The van der Waals surface area contributed by atoms with E-state index in [9.17, 15) is 9.59 Å². The van der Waals surface area contributed by atoms with E-state index in [1.165, 1.54) is 0 Å². The molecule has 2 heterocycles. The second-order valence-corrected chi connectivity index (χ2v) is 6.91.